The maximum Gasteiger partial charge on any atom is 0.130 e. The molecule has 0 radical (unpaired) electrons. The Labute approximate surface area is 141 Å². The van der Waals surface area contributed by atoms with Crippen molar-refractivity contribution in [1.82, 2.24) is 9.97 Å². The Balaban J connectivity index is 1.86. The molecular formula is C20H20N2O2. The van der Waals surface area contributed by atoms with Crippen LogP contribution < -0.4 is 9.47 Å². The van der Waals surface area contributed by atoms with Gasteiger partial charge in [0.15, 0.2) is 0 Å². The van der Waals surface area contributed by atoms with Crippen molar-refractivity contribution < 1.29 is 9.47 Å². The first-order chi connectivity index (χ1) is 11.8. The molecule has 4 heteroatoms. The molecule has 0 fully saturated rings. The SMILES string of the molecule is COc1ccc2c(OC)cc(-c3ccc4c(n3)CCCC4)nc2c1. The van der Waals surface area contributed by atoms with E-state index >= 15 is 0 Å². The Hall–Kier alpha value is -2.62. The van der Waals surface area contributed by atoms with E-state index in [9.17, 15) is 0 Å². The number of fused-ring (bicyclic) bond motifs is 2. The second-order valence-electron chi connectivity index (χ2n) is 6.10. The molecule has 1 aromatic carbocycles. The van der Waals surface area contributed by atoms with E-state index in [0.29, 0.717) is 0 Å². The van der Waals surface area contributed by atoms with Gasteiger partial charge >= 0.3 is 0 Å². The molecule has 24 heavy (non-hydrogen) atoms. The lowest BCUT2D eigenvalue weighted by atomic mass is 9.95. The standard InChI is InChI=1S/C20H20N2O2/c1-23-14-8-9-15-18(11-14)22-19(12-20(15)24-2)17-10-7-13-5-3-4-6-16(13)21-17/h7-12H,3-6H2,1-2H3. The molecule has 4 rings (SSSR count). The first kappa shape index (κ1) is 14.9. The van der Waals surface area contributed by atoms with Gasteiger partial charge in [-0.1, -0.05) is 6.07 Å². The van der Waals surface area contributed by atoms with E-state index in [1.165, 1.54) is 24.1 Å². The predicted molar refractivity (Wildman–Crippen MR) is 94.7 cm³/mol. The van der Waals surface area contributed by atoms with Crippen LogP contribution in [0.2, 0.25) is 0 Å². The lowest BCUT2D eigenvalue weighted by molar-refractivity contribution is 0.414. The Morgan fingerprint density at radius 2 is 1.71 bits per heavy atom. The summed E-state index contributed by atoms with van der Waals surface area (Å²) < 4.78 is 10.9. The molecule has 1 aliphatic carbocycles. The van der Waals surface area contributed by atoms with E-state index < -0.39 is 0 Å². The van der Waals surface area contributed by atoms with Crippen LogP contribution in [0.5, 0.6) is 11.5 Å². The molecule has 0 unspecified atom stereocenters. The topological polar surface area (TPSA) is 44.2 Å². The molecule has 1 aliphatic rings. The molecule has 0 bridgehead atoms. The molecule has 0 spiro atoms. The molecule has 4 nitrogen and oxygen atoms in total. The van der Waals surface area contributed by atoms with Crippen LogP contribution in [-0.4, -0.2) is 24.2 Å². The van der Waals surface area contributed by atoms with E-state index in [1.54, 1.807) is 14.2 Å². The van der Waals surface area contributed by atoms with Crippen LogP contribution in [0.4, 0.5) is 0 Å². The minimum absolute atomic E-state index is 0.785. The molecule has 0 atom stereocenters. The highest BCUT2D eigenvalue weighted by Gasteiger charge is 2.14. The summed E-state index contributed by atoms with van der Waals surface area (Å²) in [5, 5.41) is 0.972. The molecule has 122 valence electrons. The second kappa shape index (κ2) is 6.11. The number of nitrogens with zero attached hydrogens (tertiary/aromatic N) is 2. The van der Waals surface area contributed by atoms with Crippen LogP contribution in [0.1, 0.15) is 24.1 Å². The first-order valence-electron chi connectivity index (χ1n) is 8.30. The van der Waals surface area contributed by atoms with Crippen molar-refractivity contribution in [3.63, 3.8) is 0 Å². The van der Waals surface area contributed by atoms with Crippen LogP contribution in [0.25, 0.3) is 22.3 Å². The normalized spacial score (nSPS) is 13.6. The monoisotopic (exact) mass is 320 g/mol. The predicted octanol–water partition coefficient (Wildman–Crippen LogP) is 4.19. The highest BCUT2D eigenvalue weighted by Crippen LogP contribution is 2.32. The summed E-state index contributed by atoms with van der Waals surface area (Å²) in [5.74, 6) is 1.59. The lowest BCUT2D eigenvalue weighted by Crippen LogP contribution is -2.06. The van der Waals surface area contributed by atoms with Crippen LogP contribution in [0.15, 0.2) is 36.4 Å². The Kier molecular flexibility index (Phi) is 3.81. The van der Waals surface area contributed by atoms with Crippen molar-refractivity contribution in [1.29, 1.82) is 0 Å². The summed E-state index contributed by atoms with van der Waals surface area (Å²) in [5.41, 5.74) is 5.17. The minimum Gasteiger partial charge on any atom is -0.497 e. The van der Waals surface area contributed by atoms with Gasteiger partial charge in [0, 0.05) is 23.2 Å². The summed E-state index contributed by atoms with van der Waals surface area (Å²) in [4.78, 5) is 9.65. The molecule has 0 N–H and O–H groups in total. The number of aryl methyl sites for hydroxylation is 2. The molecule has 0 amide bonds. The van der Waals surface area contributed by atoms with Crippen molar-refractivity contribution >= 4 is 10.9 Å². The zero-order chi connectivity index (χ0) is 16.5. The Morgan fingerprint density at radius 1 is 0.833 bits per heavy atom. The molecular weight excluding hydrogens is 300 g/mol. The zero-order valence-corrected chi connectivity index (χ0v) is 14.0. The van der Waals surface area contributed by atoms with Gasteiger partial charge in [0.2, 0.25) is 0 Å². The molecule has 2 heterocycles. The first-order valence-corrected chi connectivity index (χ1v) is 8.30. The number of aromatic nitrogens is 2. The van der Waals surface area contributed by atoms with Crippen LogP contribution in [0, 0.1) is 0 Å². The van der Waals surface area contributed by atoms with Crippen molar-refractivity contribution in [3.8, 4) is 22.9 Å². The zero-order valence-electron chi connectivity index (χ0n) is 14.0. The number of hydrogen-bond acceptors (Lipinski definition) is 4. The highest BCUT2D eigenvalue weighted by molar-refractivity contribution is 5.88. The van der Waals surface area contributed by atoms with Gasteiger partial charge in [-0.3, -0.25) is 4.98 Å². The van der Waals surface area contributed by atoms with E-state index in [0.717, 1.165) is 46.6 Å². The summed E-state index contributed by atoms with van der Waals surface area (Å²) >= 11 is 0. The second-order valence-corrected chi connectivity index (χ2v) is 6.10. The van der Waals surface area contributed by atoms with Gasteiger partial charge < -0.3 is 9.47 Å². The molecule has 0 aliphatic heterocycles. The van der Waals surface area contributed by atoms with Crippen molar-refractivity contribution in [2.45, 2.75) is 25.7 Å². The van der Waals surface area contributed by atoms with Crippen LogP contribution in [0.3, 0.4) is 0 Å². The van der Waals surface area contributed by atoms with Crippen LogP contribution >= 0.6 is 0 Å². The number of hydrogen-bond donors (Lipinski definition) is 0. The fourth-order valence-electron chi connectivity index (χ4n) is 3.33. The van der Waals surface area contributed by atoms with E-state index in [4.69, 9.17) is 19.4 Å². The van der Waals surface area contributed by atoms with E-state index in [2.05, 4.69) is 12.1 Å². The van der Waals surface area contributed by atoms with E-state index in [1.807, 2.05) is 24.3 Å². The fraction of sp³-hybridized carbons (Fsp3) is 0.300. The minimum atomic E-state index is 0.785. The average Bonchev–Trinajstić information content (AvgIpc) is 2.66. The van der Waals surface area contributed by atoms with Crippen molar-refractivity contribution in [3.05, 3.63) is 47.7 Å². The Morgan fingerprint density at radius 3 is 2.54 bits per heavy atom. The van der Waals surface area contributed by atoms with Gasteiger partial charge in [-0.05, 0) is 49.4 Å². The number of rotatable bonds is 3. The third-order valence-electron chi connectivity index (χ3n) is 4.64. The Bertz CT molecular complexity index is 906. The number of ether oxygens (including phenoxy) is 2. The van der Waals surface area contributed by atoms with Gasteiger partial charge in [0.1, 0.15) is 11.5 Å². The van der Waals surface area contributed by atoms with Gasteiger partial charge in [0.25, 0.3) is 0 Å². The lowest BCUT2D eigenvalue weighted by Gasteiger charge is -2.16. The number of benzene rings is 1. The summed E-state index contributed by atoms with van der Waals surface area (Å²) in [6.45, 7) is 0. The van der Waals surface area contributed by atoms with Crippen molar-refractivity contribution in [2.24, 2.45) is 0 Å². The molecule has 0 saturated carbocycles. The maximum atomic E-state index is 5.57. The van der Waals surface area contributed by atoms with Crippen molar-refractivity contribution in [2.75, 3.05) is 14.2 Å². The quantitative estimate of drug-likeness (QED) is 0.726. The maximum absolute atomic E-state index is 5.57. The molecule has 0 saturated heterocycles. The highest BCUT2D eigenvalue weighted by atomic mass is 16.5. The smallest absolute Gasteiger partial charge is 0.130 e. The third-order valence-corrected chi connectivity index (χ3v) is 4.64. The fourth-order valence-corrected chi connectivity index (χ4v) is 3.33. The van der Waals surface area contributed by atoms with Gasteiger partial charge in [-0.2, -0.15) is 0 Å². The van der Waals surface area contributed by atoms with Gasteiger partial charge in [-0.25, -0.2) is 4.98 Å². The van der Waals surface area contributed by atoms with Gasteiger partial charge in [-0.15, -0.1) is 0 Å². The molecule has 2 aromatic heterocycles. The summed E-state index contributed by atoms with van der Waals surface area (Å²) in [7, 11) is 3.34. The van der Waals surface area contributed by atoms with Gasteiger partial charge in [0.05, 0.1) is 31.1 Å². The van der Waals surface area contributed by atoms with E-state index in [-0.39, 0.29) is 0 Å². The van der Waals surface area contributed by atoms with Crippen LogP contribution in [-0.2, 0) is 12.8 Å². The number of pyridine rings is 2. The largest absolute Gasteiger partial charge is 0.497 e. The average molecular weight is 320 g/mol. The molecule has 3 aromatic rings. The third kappa shape index (κ3) is 2.58. The summed E-state index contributed by atoms with van der Waals surface area (Å²) in [6, 6.07) is 12.1. The summed E-state index contributed by atoms with van der Waals surface area (Å²) in [6.07, 6.45) is 4.67. The number of methoxy groups -OCH3 is 2.